The minimum absolute atomic E-state index is 0.0770. The van der Waals surface area contributed by atoms with E-state index in [0.717, 1.165) is 28.5 Å². The van der Waals surface area contributed by atoms with Crippen LogP contribution in [0.15, 0.2) is 18.2 Å². The lowest BCUT2D eigenvalue weighted by atomic mass is 9.77. The first kappa shape index (κ1) is 20.7. The third kappa shape index (κ3) is 4.14. The van der Waals surface area contributed by atoms with Crippen molar-refractivity contribution < 1.29 is 14.4 Å². The average molecular weight is 424 g/mol. The van der Waals surface area contributed by atoms with Crippen LogP contribution >= 0.6 is 0 Å². The van der Waals surface area contributed by atoms with Crippen LogP contribution in [0.5, 0.6) is 0 Å². The monoisotopic (exact) mass is 423 g/mol. The molecule has 2 aliphatic heterocycles. The molecule has 2 saturated carbocycles. The SMILES string of the molecule is O=C1CCC(N2Cc3cccc(CNC4CCC(C5CCCC5)CC4)c3C2=O)C(=O)N1. The van der Waals surface area contributed by atoms with E-state index < -0.39 is 6.04 Å². The zero-order valence-corrected chi connectivity index (χ0v) is 18.2. The van der Waals surface area contributed by atoms with Gasteiger partial charge in [0, 0.05) is 31.1 Å². The molecule has 1 aromatic rings. The number of rotatable bonds is 5. The molecule has 0 bridgehead atoms. The molecule has 1 aromatic carbocycles. The molecule has 1 unspecified atom stereocenters. The van der Waals surface area contributed by atoms with Crippen molar-refractivity contribution in [3.05, 3.63) is 34.9 Å². The van der Waals surface area contributed by atoms with Crippen LogP contribution in [0.3, 0.4) is 0 Å². The highest BCUT2D eigenvalue weighted by Gasteiger charge is 2.40. The highest BCUT2D eigenvalue weighted by atomic mass is 16.2. The van der Waals surface area contributed by atoms with Crippen molar-refractivity contribution in [1.82, 2.24) is 15.5 Å². The average Bonchev–Trinajstić information content (AvgIpc) is 3.42. The van der Waals surface area contributed by atoms with Gasteiger partial charge in [0.05, 0.1) is 0 Å². The van der Waals surface area contributed by atoms with Crippen molar-refractivity contribution in [3.63, 3.8) is 0 Å². The predicted octanol–water partition coefficient (Wildman–Crippen LogP) is 3.29. The number of hydrogen-bond acceptors (Lipinski definition) is 4. The van der Waals surface area contributed by atoms with E-state index in [1.54, 1.807) is 4.90 Å². The van der Waals surface area contributed by atoms with Crippen LogP contribution in [0.2, 0.25) is 0 Å². The van der Waals surface area contributed by atoms with E-state index in [4.69, 9.17) is 0 Å². The number of amides is 3. The lowest BCUT2D eigenvalue weighted by Gasteiger charge is -2.33. The largest absolute Gasteiger partial charge is 0.322 e. The first-order chi connectivity index (χ1) is 15.1. The Hall–Kier alpha value is -2.21. The van der Waals surface area contributed by atoms with Crippen molar-refractivity contribution >= 4 is 17.7 Å². The number of nitrogens with one attached hydrogen (secondary N) is 2. The Kier molecular flexibility index (Phi) is 5.83. The van der Waals surface area contributed by atoms with Gasteiger partial charge in [-0.25, -0.2) is 0 Å². The van der Waals surface area contributed by atoms with Crippen molar-refractivity contribution in [2.75, 3.05) is 0 Å². The highest BCUT2D eigenvalue weighted by Crippen LogP contribution is 2.39. The topological polar surface area (TPSA) is 78.5 Å². The van der Waals surface area contributed by atoms with Crippen LogP contribution in [-0.2, 0) is 22.7 Å². The smallest absolute Gasteiger partial charge is 0.255 e. The summed E-state index contributed by atoms with van der Waals surface area (Å²) in [5.41, 5.74) is 2.76. The summed E-state index contributed by atoms with van der Waals surface area (Å²) in [5, 5.41) is 6.09. The Labute approximate surface area is 184 Å². The fraction of sp³-hybridized carbons (Fsp3) is 0.640. The van der Waals surface area contributed by atoms with Crippen LogP contribution < -0.4 is 10.6 Å². The lowest BCUT2D eigenvalue weighted by molar-refractivity contribution is -0.136. The van der Waals surface area contributed by atoms with Gasteiger partial charge < -0.3 is 10.2 Å². The van der Waals surface area contributed by atoms with E-state index in [-0.39, 0.29) is 24.1 Å². The van der Waals surface area contributed by atoms with Crippen LogP contribution in [-0.4, -0.2) is 34.7 Å². The molecular formula is C25H33N3O3. The van der Waals surface area contributed by atoms with E-state index in [9.17, 15) is 14.4 Å². The number of imide groups is 1. The molecule has 6 nitrogen and oxygen atoms in total. The first-order valence-corrected chi connectivity index (χ1v) is 12.1. The second kappa shape index (κ2) is 8.73. The summed E-state index contributed by atoms with van der Waals surface area (Å²) in [4.78, 5) is 38.6. The summed E-state index contributed by atoms with van der Waals surface area (Å²) >= 11 is 0. The zero-order chi connectivity index (χ0) is 21.4. The van der Waals surface area contributed by atoms with Gasteiger partial charge in [-0.2, -0.15) is 0 Å². The van der Waals surface area contributed by atoms with E-state index in [0.29, 0.717) is 25.6 Å². The number of benzene rings is 1. The zero-order valence-electron chi connectivity index (χ0n) is 18.2. The Morgan fingerprint density at radius 1 is 0.935 bits per heavy atom. The Bertz CT molecular complexity index is 869. The minimum atomic E-state index is -0.552. The molecule has 2 heterocycles. The summed E-state index contributed by atoms with van der Waals surface area (Å²) in [7, 11) is 0. The van der Waals surface area contributed by atoms with Crippen LogP contribution in [0, 0.1) is 11.8 Å². The summed E-state index contributed by atoms with van der Waals surface area (Å²) in [6.45, 7) is 1.14. The maximum Gasteiger partial charge on any atom is 0.255 e. The Balaban J connectivity index is 1.20. The molecular weight excluding hydrogens is 390 g/mol. The molecule has 1 atom stereocenters. The first-order valence-electron chi connectivity index (χ1n) is 12.1. The van der Waals surface area contributed by atoms with Crippen molar-refractivity contribution in [2.24, 2.45) is 11.8 Å². The second-order valence-electron chi connectivity index (χ2n) is 9.89. The van der Waals surface area contributed by atoms with Crippen molar-refractivity contribution in [3.8, 4) is 0 Å². The molecule has 3 amide bonds. The van der Waals surface area contributed by atoms with Gasteiger partial charge in [0.1, 0.15) is 6.04 Å². The van der Waals surface area contributed by atoms with Gasteiger partial charge in [-0.05, 0) is 55.1 Å². The quantitative estimate of drug-likeness (QED) is 0.713. The third-order valence-electron chi connectivity index (χ3n) is 8.06. The molecule has 0 aromatic heterocycles. The summed E-state index contributed by atoms with van der Waals surface area (Å²) in [6.07, 6.45) is 11.5. The third-order valence-corrected chi connectivity index (χ3v) is 8.06. The van der Waals surface area contributed by atoms with Crippen LogP contribution in [0.1, 0.15) is 85.7 Å². The number of hydrogen-bond donors (Lipinski definition) is 2. The van der Waals surface area contributed by atoms with Gasteiger partial charge >= 0.3 is 0 Å². The highest BCUT2D eigenvalue weighted by molar-refractivity contribution is 6.05. The minimum Gasteiger partial charge on any atom is -0.322 e. The van der Waals surface area contributed by atoms with Gasteiger partial charge in [0.25, 0.3) is 5.91 Å². The fourth-order valence-electron chi connectivity index (χ4n) is 6.32. The molecule has 4 aliphatic rings. The maximum atomic E-state index is 13.2. The van der Waals surface area contributed by atoms with Crippen molar-refractivity contribution in [1.29, 1.82) is 0 Å². The predicted molar refractivity (Wildman–Crippen MR) is 117 cm³/mol. The van der Waals surface area contributed by atoms with Gasteiger partial charge in [-0.3, -0.25) is 19.7 Å². The number of carbonyl (C=O) groups is 3. The molecule has 2 aliphatic carbocycles. The van der Waals surface area contributed by atoms with E-state index in [1.807, 2.05) is 18.2 Å². The molecule has 1 saturated heterocycles. The summed E-state index contributed by atoms with van der Waals surface area (Å²) in [6, 6.07) is 5.99. The van der Waals surface area contributed by atoms with E-state index in [2.05, 4.69) is 10.6 Å². The number of fused-ring (bicyclic) bond motifs is 1. The maximum absolute atomic E-state index is 13.2. The lowest BCUT2D eigenvalue weighted by Crippen LogP contribution is -2.52. The summed E-state index contributed by atoms with van der Waals surface area (Å²) in [5.74, 6) is 1.21. The number of carbonyl (C=O) groups excluding carboxylic acids is 3. The number of nitrogens with zero attached hydrogens (tertiary/aromatic N) is 1. The summed E-state index contributed by atoms with van der Waals surface area (Å²) < 4.78 is 0. The van der Waals surface area contributed by atoms with E-state index in [1.165, 1.54) is 51.4 Å². The van der Waals surface area contributed by atoms with Gasteiger partial charge in [0.15, 0.2) is 0 Å². The molecule has 5 rings (SSSR count). The molecule has 0 spiro atoms. The second-order valence-corrected chi connectivity index (χ2v) is 9.89. The normalized spacial score (nSPS) is 29.4. The molecule has 0 radical (unpaired) electrons. The van der Waals surface area contributed by atoms with Crippen molar-refractivity contribution in [2.45, 2.75) is 89.4 Å². The fourth-order valence-corrected chi connectivity index (χ4v) is 6.32. The van der Waals surface area contributed by atoms with Gasteiger partial charge in [-0.15, -0.1) is 0 Å². The van der Waals surface area contributed by atoms with Crippen LogP contribution in [0.25, 0.3) is 0 Å². The molecule has 2 N–H and O–H groups in total. The molecule has 31 heavy (non-hydrogen) atoms. The molecule has 6 heteroatoms. The van der Waals surface area contributed by atoms with E-state index >= 15 is 0 Å². The Morgan fingerprint density at radius 3 is 2.42 bits per heavy atom. The number of piperidine rings is 1. The van der Waals surface area contributed by atoms with Gasteiger partial charge in [0.2, 0.25) is 11.8 Å². The Morgan fingerprint density at radius 2 is 1.68 bits per heavy atom. The molecule has 166 valence electrons. The van der Waals surface area contributed by atoms with Gasteiger partial charge in [-0.1, -0.05) is 43.9 Å². The van der Waals surface area contributed by atoms with Crippen LogP contribution in [0.4, 0.5) is 0 Å². The molecule has 3 fully saturated rings. The standard InChI is InChI=1S/C25H33N3O3/c29-22-13-12-21(24(30)27-22)28-15-19-7-3-6-18(23(19)25(28)31)14-26-20-10-8-17(9-11-20)16-4-1-2-5-16/h3,6-7,16-17,20-21,26H,1-2,4-5,8-15H2,(H,27,29,30).